The highest BCUT2D eigenvalue weighted by molar-refractivity contribution is 7.19. The van der Waals surface area contributed by atoms with Gasteiger partial charge in [-0.15, -0.1) is 11.3 Å². The van der Waals surface area contributed by atoms with E-state index in [4.69, 9.17) is 4.74 Å². The molecule has 0 fully saturated rings. The number of rotatable bonds is 4. The second-order valence-corrected chi connectivity index (χ2v) is 5.93. The lowest BCUT2D eigenvalue weighted by molar-refractivity contribution is 0.251. The fraction of sp³-hybridized carbons (Fsp3) is 0.125. The molecule has 0 unspecified atom stereocenters. The van der Waals surface area contributed by atoms with Gasteiger partial charge in [0.25, 0.3) is 0 Å². The van der Waals surface area contributed by atoms with Crippen LogP contribution in [0.2, 0.25) is 0 Å². The predicted octanol–water partition coefficient (Wildman–Crippen LogP) is 3.77. The lowest BCUT2D eigenvalue weighted by Crippen LogP contribution is -2.28. The van der Waals surface area contributed by atoms with Crippen molar-refractivity contribution in [2.45, 2.75) is 6.54 Å². The number of hydrogen-bond donors (Lipinski definition) is 2. The highest BCUT2D eigenvalue weighted by Gasteiger charge is 2.09. The van der Waals surface area contributed by atoms with Gasteiger partial charge in [0.05, 0.1) is 13.7 Å². The van der Waals surface area contributed by atoms with Gasteiger partial charge in [0.1, 0.15) is 11.5 Å². The molecule has 2 aromatic heterocycles. The van der Waals surface area contributed by atoms with Crippen LogP contribution >= 0.6 is 11.3 Å². The molecule has 2 amide bonds. The smallest absolute Gasteiger partial charge is 0.319 e. The lowest BCUT2D eigenvalue weighted by Gasteiger charge is -2.09. The molecular weight excluding hydrogens is 317 g/mol. The highest BCUT2D eigenvalue weighted by atomic mass is 32.1. The first kappa shape index (κ1) is 15.2. The number of methoxy groups -OCH3 is 1. The van der Waals surface area contributed by atoms with Crippen molar-refractivity contribution < 1.29 is 13.9 Å². The van der Waals surface area contributed by atoms with E-state index in [1.807, 2.05) is 6.07 Å². The topological polar surface area (TPSA) is 63.2 Å². The number of thiophene rings is 1. The average molecular weight is 331 g/mol. The Hall–Kier alpha value is -2.67. The molecule has 5 nitrogen and oxygen atoms in total. The summed E-state index contributed by atoms with van der Waals surface area (Å²) in [5, 5.41) is 6.27. The molecule has 118 valence electrons. The van der Waals surface area contributed by atoms with Crippen molar-refractivity contribution in [1.82, 2.24) is 10.3 Å². The first-order chi connectivity index (χ1) is 11.2. The maximum Gasteiger partial charge on any atom is 0.319 e. The Morgan fingerprint density at radius 3 is 3.04 bits per heavy atom. The van der Waals surface area contributed by atoms with Crippen LogP contribution in [0.15, 0.2) is 42.6 Å². The largest absolute Gasteiger partial charge is 0.480 e. The second-order valence-electron chi connectivity index (χ2n) is 4.76. The van der Waals surface area contributed by atoms with Gasteiger partial charge < -0.3 is 15.4 Å². The third-order valence-electron chi connectivity index (χ3n) is 3.17. The van der Waals surface area contributed by atoms with Gasteiger partial charge in [-0.05, 0) is 41.8 Å². The molecule has 0 radical (unpaired) electrons. The SMILES string of the molecule is COc1ncccc1NC(=O)NCc1cc2cc(F)ccc2s1. The van der Waals surface area contributed by atoms with E-state index in [-0.39, 0.29) is 11.8 Å². The number of halogens is 1. The summed E-state index contributed by atoms with van der Waals surface area (Å²) in [4.78, 5) is 16.9. The van der Waals surface area contributed by atoms with Crippen molar-refractivity contribution in [3.8, 4) is 5.88 Å². The Labute approximate surface area is 136 Å². The van der Waals surface area contributed by atoms with Crippen molar-refractivity contribution in [1.29, 1.82) is 0 Å². The van der Waals surface area contributed by atoms with Gasteiger partial charge in [-0.2, -0.15) is 0 Å². The summed E-state index contributed by atoms with van der Waals surface area (Å²) < 4.78 is 19.2. The summed E-state index contributed by atoms with van der Waals surface area (Å²) in [5.74, 6) is 0.0798. The van der Waals surface area contributed by atoms with Crippen LogP contribution in [0.5, 0.6) is 5.88 Å². The summed E-state index contributed by atoms with van der Waals surface area (Å²) in [5.41, 5.74) is 0.492. The number of aromatic nitrogens is 1. The summed E-state index contributed by atoms with van der Waals surface area (Å²) in [7, 11) is 1.49. The van der Waals surface area contributed by atoms with E-state index in [1.165, 1.54) is 30.6 Å². The van der Waals surface area contributed by atoms with Crippen LogP contribution in [-0.4, -0.2) is 18.1 Å². The Bertz CT molecular complexity index is 850. The van der Waals surface area contributed by atoms with Crippen LogP contribution in [-0.2, 0) is 6.54 Å². The number of benzene rings is 1. The van der Waals surface area contributed by atoms with Crippen molar-refractivity contribution >= 4 is 33.1 Å². The van der Waals surface area contributed by atoms with Gasteiger partial charge in [0.15, 0.2) is 0 Å². The van der Waals surface area contributed by atoms with E-state index in [0.29, 0.717) is 18.1 Å². The fourth-order valence-electron chi connectivity index (χ4n) is 2.14. The van der Waals surface area contributed by atoms with Gasteiger partial charge in [0.2, 0.25) is 5.88 Å². The number of urea groups is 1. The molecule has 0 atom stereocenters. The summed E-state index contributed by atoms with van der Waals surface area (Å²) >= 11 is 1.52. The number of pyridine rings is 1. The number of carbonyl (C=O) groups is 1. The Balaban J connectivity index is 1.63. The van der Waals surface area contributed by atoms with Crippen LogP contribution in [0.3, 0.4) is 0 Å². The number of nitrogens with zero attached hydrogens (tertiary/aromatic N) is 1. The normalized spacial score (nSPS) is 10.5. The van der Waals surface area contributed by atoms with Crippen molar-refractivity contribution in [3.05, 3.63) is 53.3 Å². The molecule has 0 aliphatic heterocycles. The van der Waals surface area contributed by atoms with E-state index < -0.39 is 0 Å². The standard InChI is InChI=1S/C16H14FN3O2S/c1-22-15-13(3-2-6-18-15)20-16(21)19-9-12-8-10-7-11(17)4-5-14(10)23-12/h2-8H,9H2,1H3,(H2,19,20,21). The number of ether oxygens (including phenoxy) is 1. The zero-order valence-electron chi connectivity index (χ0n) is 12.3. The molecule has 7 heteroatoms. The number of carbonyl (C=O) groups excluding carboxylic acids is 1. The molecular formula is C16H14FN3O2S. The highest BCUT2D eigenvalue weighted by Crippen LogP contribution is 2.26. The monoisotopic (exact) mass is 331 g/mol. The van der Waals surface area contributed by atoms with Gasteiger partial charge in [-0.25, -0.2) is 14.2 Å². The van der Waals surface area contributed by atoms with Gasteiger partial charge in [-0.3, -0.25) is 0 Å². The van der Waals surface area contributed by atoms with Crippen LogP contribution in [0, 0.1) is 5.82 Å². The Morgan fingerprint density at radius 1 is 1.35 bits per heavy atom. The van der Waals surface area contributed by atoms with Gasteiger partial charge in [-0.1, -0.05) is 0 Å². The molecule has 0 aliphatic rings. The second kappa shape index (κ2) is 6.62. The molecule has 0 bridgehead atoms. The van der Waals surface area contributed by atoms with E-state index in [0.717, 1.165) is 15.0 Å². The minimum atomic E-state index is -0.361. The maximum absolute atomic E-state index is 13.2. The summed E-state index contributed by atoms with van der Waals surface area (Å²) in [6.45, 7) is 0.357. The summed E-state index contributed by atoms with van der Waals surface area (Å²) in [6.07, 6.45) is 1.58. The van der Waals surface area contributed by atoms with E-state index in [1.54, 1.807) is 24.4 Å². The van der Waals surface area contributed by atoms with E-state index in [2.05, 4.69) is 15.6 Å². The number of hydrogen-bond acceptors (Lipinski definition) is 4. The molecule has 2 N–H and O–H groups in total. The molecule has 0 spiro atoms. The molecule has 0 aliphatic carbocycles. The number of nitrogens with one attached hydrogen (secondary N) is 2. The van der Waals surface area contributed by atoms with E-state index >= 15 is 0 Å². The first-order valence-corrected chi connectivity index (χ1v) is 7.69. The number of amides is 2. The molecule has 0 saturated heterocycles. The lowest BCUT2D eigenvalue weighted by atomic mass is 10.2. The van der Waals surface area contributed by atoms with Gasteiger partial charge >= 0.3 is 6.03 Å². The predicted molar refractivity (Wildman–Crippen MR) is 88.4 cm³/mol. The summed E-state index contributed by atoms with van der Waals surface area (Å²) in [6, 6.07) is 9.56. The minimum absolute atomic E-state index is 0.267. The Kier molecular flexibility index (Phi) is 4.38. The van der Waals surface area contributed by atoms with Crippen LogP contribution in [0.25, 0.3) is 10.1 Å². The zero-order valence-corrected chi connectivity index (χ0v) is 13.1. The molecule has 23 heavy (non-hydrogen) atoms. The van der Waals surface area contributed by atoms with Crippen molar-refractivity contribution in [3.63, 3.8) is 0 Å². The number of anilines is 1. The average Bonchev–Trinajstić information content (AvgIpc) is 2.95. The fourth-order valence-corrected chi connectivity index (χ4v) is 3.12. The third-order valence-corrected chi connectivity index (χ3v) is 4.28. The molecule has 3 aromatic rings. The zero-order chi connectivity index (χ0) is 16.2. The maximum atomic E-state index is 13.2. The number of fused-ring (bicyclic) bond motifs is 1. The van der Waals surface area contributed by atoms with Crippen LogP contribution in [0.1, 0.15) is 4.88 Å². The molecule has 0 saturated carbocycles. The van der Waals surface area contributed by atoms with E-state index in [9.17, 15) is 9.18 Å². The van der Waals surface area contributed by atoms with Crippen molar-refractivity contribution in [2.24, 2.45) is 0 Å². The van der Waals surface area contributed by atoms with Crippen LogP contribution < -0.4 is 15.4 Å². The van der Waals surface area contributed by atoms with Crippen LogP contribution in [0.4, 0.5) is 14.9 Å². The molecule has 3 rings (SSSR count). The minimum Gasteiger partial charge on any atom is -0.480 e. The Morgan fingerprint density at radius 2 is 2.22 bits per heavy atom. The van der Waals surface area contributed by atoms with Crippen molar-refractivity contribution in [2.75, 3.05) is 12.4 Å². The quantitative estimate of drug-likeness (QED) is 0.765. The third kappa shape index (κ3) is 3.57. The van der Waals surface area contributed by atoms with Gasteiger partial charge in [0, 0.05) is 15.8 Å². The first-order valence-electron chi connectivity index (χ1n) is 6.87. The molecule has 2 heterocycles. The molecule has 1 aromatic carbocycles.